The van der Waals surface area contributed by atoms with E-state index in [-0.39, 0.29) is 0 Å². The van der Waals surface area contributed by atoms with Crippen LogP contribution in [0.3, 0.4) is 0 Å². The Morgan fingerprint density at radius 2 is 1.96 bits per heavy atom. The minimum atomic E-state index is 0.313. The maximum atomic E-state index is 6.14. The predicted molar refractivity (Wildman–Crippen MR) is 118 cm³/mol. The van der Waals surface area contributed by atoms with Gasteiger partial charge in [0.25, 0.3) is 0 Å². The van der Waals surface area contributed by atoms with Gasteiger partial charge in [-0.3, -0.25) is 4.98 Å². The molecule has 4 aromatic rings. The summed E-state index contributed by atoms with van der Waals surface area (Å²) in [5.74, 6) is 1.02. The number of anilines is 1. The highest BCUT2D eigenvalue weighted by atomic mass is 79.9. The number of imidazole rings is 1. The third-order valence-corrected chi connectivity index (χ3v) is 7.01. The van der Waals surface area contributed by atoms with Crippen molar-refractivity contribution in [3.05, 3.63) is 51.9 Å². The van der Waals surface area contributed by atoms with Crippen LogP contribution in [0.4, 0.5) is 5.95 Å². The fourth-order valence-corrected chi connectivity index (χ4v) is 5.53. The standard InChI is InChI=1S/C21H21BrN4OS/c1-25-19-17(12-23-16-11-18(22)28-20(16)19)24-21(25)26-9-7-15(8-10-26)27-13-14-5-3-2-4-6-14/h2-6,11-12,15H,7-10,13H2,1H3. The van der Waals surface area contributed by atoms with Gasteiger partial charge >= 0.3 is 0 Å². The molecule has 1 aliphatic heterocycles. The van der Waals surface area contributed by atoms with Crippen LogP contribution < -0.4 is 4.90 Å². The third kappa shape index (κ3) is 3.32. The summed E-state index contributed by atoms with van der Waals surface area (Å²) in [4.78, 5) is 11.8. The van der Waals surface area contributed by atoms with E-state index in [2.05, 4.69) is 67.8 Å². The Labute approximate surface area is 176 Å². The molecule has 0 aliphatic carbocycles. The summed E-state index contributed by atoms with van der Waals surface area (Å²) >= 11 is 5.30. The Bertz CT molecular complexity index is 1120. The Balaban J connectivity index is 1.31. The van der Waals surface area contributed by atoms with E-state index in [0.717, 1.165) is 52.2 Å². The molecule has 0 amide bonds. The number of hydrogen-bond acceptors (Lipinski definition) is 5. The predicted octanol–water partition coefficient (Wildman–Crippen LogP) is 5.13. The molecule has 5 nitrogen and oxygen atoms in total. The number of piperidine rings is 1. The minimum Gasteiger partial charge on any atom is -0.373 e. The molecule has 144 valence electrons. The van der Waals surface area contributed by atoms with E-state index in [4.69, 9.17) is 9.72 Å². The lowest BCUT2D eigenvalue weighted by Crippen LogP contribution is -2.38. The van der Waals surface area contributed by atoms with Gasteiger partial charge in [-0.15, -0.1) is 11.3 Å². The molecule has 0 bridgehead atoms. The number of benzene rings is 1. The molecular formula is C21H21BrN4OS. The van der Waals surface area contributed by atoms with Gasteiger partial charge in [0.2, 0.25) is 5.95 Å². The first-order valence-corrected chi connectivity index (χ1v) is 11.1. The average Bonchev–Trinajstić information content (AvgIpc) is 3.26. The summed E-state index contributed by atoms with van der Waals surface area (Å²) in [6.45, 7) is 2.61. The van der Waals surface area contributed by atoms with Gasteiger partial charge in [0.15, 0.2) is 0 Å². The van der Waals surface area contributed by atoms with Crippen molar-refractivity contribution in [3.8, 4) is 0 Å². The van der Waals surface area contributed by atoms with Crippen molar-refractivity contribution < 1.29 is 4.74 Å². The van der Waals surface area contributed by atoms with Gasteiger partial charge in [-0.2, -0.15) is 0 Å². The van der Waals surface area contributed by atoms with Crippen LogP contribution in [0.1, 0.15) is 18.4 Å². The summed E-state index contributed by atoms with van der Waals surface area (Å²) < 4.78 is 10.6. The second-order valence-electron chi connectivity index (χ2n) is 7.21. The second-order valence-corrected chi connectivity index (χ2v) is 9.64. The first-order valence-electron chi connectivity index (χ1n) is 9.50. The van der Waals surface area contributed by atoms with Crippen LogP contribution in [0.2, 0.25) is 0 Å². The van der Waals surface area contributed by atoms with Gasteiger partial charge in [-0.05, 0) is 40.4 Å². The average molecular weight is 457 g/mol. The van der Waals surface area contributed by atoms with Crippen LogP contribution in [0.5, 0.6) is 0 Å². The summed E-state index contributed by atoms with van der Waals surface area (Å²) in [7, 11) is 2.11. The number of nitrogens with zero attached hydrogens (tertiary/aromatic N) is 4. The topological polar surface area (TPSA) is 43.2 Å². The third-order valence-electron chi connectivity index (χ3n) is 5.38. The number of halogens is 1. The van der Waals surface area contributed by atoms with E-state index in [9.17, 15) is 0 Å². The van der Waals surface area contributed by atoms with E-state index in [0.29, 0.717) is 12.7 Å². The van der Waals surface area contributed by atoms with Crippen LogP contribution >= 0.6 is 27.3 Å². The summed E-state index contributed by atoms with van der Waals surface area (Å²) in [5, 5.41) is 0. The molecule has 0 unspecified atom stereocenters. The number of hydrogen-bond donors (Lipinski definition) is 0. The van der Waals surface area contributed by atoms with Gasteiger partial charge in [0, 0.05) is 20.1 Å². The highest BCUT2D eigenvalue weighted by Crippen LogP contribution is 2.35. The van der Waals surface area contributed by atoms with Crippen molar-refractivity contribution in [3.63, 3.8) is 0 Å². The van der Waals surface area contributed by atoms with Gasteiger partial charge < -0.3 is 14.2 Å². The van der Waals surface area contributed by atoms with E-state index >= 15 is 0 Å². The maximum absolute atomic E-state index is 6.14. The first kappa shape index (κ1) is 18.1. The molecule has 5 rings (SSSR count). The molecular weight excluding hydrogens is 436 g/mol. The molecule has 1 aromatic carbocycles. The Kier molecular flexibility index (Phi) is 4.82. The van der Waals surface area contributed by atoms with Crippen molar-refractivity contribution in [1.29, 1.82) is 0 Å². The molecule has 0 N–H and O–H groups in total. The quantitative estimate of drug-likeness (QED) is 0.426. The van der Waals surface area contributed by atoms with E-state index in [1.807, 2.05) is 12.3 Å². The van der Waals surface area contributed by atoms with Crippen LogP contribution in [0.25, 0.3) is 21.3 Å². The van der Waals surface area contributed by atoms with E-state index in [1.54, 1.807) is 11.3 Å². The molecule has 1 saturated heterocycles. The zero-order valence-corrected chi connectivity index (χ0v) is 18.0. The lowest BCUT2D eigenvalue weighted by molar-refractivity contribution is 0.0249. The van der Waals surface area contributed by atoms with Crippen LogP contribution in [-0.4, -0.2) is 33.7 Å². The van der Waals surface area contributed by atoms with Crippen LogP contribution in [0.15, 0.2) is 46.4 Å². The lowest BCUT2D eigenvalue weighted by atomic mass is 10.1. The highest BCUT2D eigenvalue weighted by molar-refractivity contribution is 9.11. The molecule has 28 heavy (non-hydrogen) atoms. The number of aromatic nitrogens is 3. The molecule has 1 aliphatic rings. The summed E-state index contributed by atoms with van der Waals surface area (Å²) in [6.07, 6.45) is 4.24. The smallest absolute Gasteiger partial charge is 0.206 e. The highest BCUT2D eigenvalue weighted by Gasteiger charge is 2.24. The lowest BCUT2D eigenvalue weighted by Gasteiger charge is -2.32. The minimum absolute atomic E-state index is 0.313. The molecule has 1 fully saturated rings. The van der Waals surface area contributed by atoms with Gasteiger partial charge in [0.05, 0.1) is 38.4 Å². The van der Waals surface area contributed by atoms with Crippen LogP contribution in [0, 0.1) is 0 Å². The number of fused-ring (bicyclic) bond motifs is 3. The molecule has 0 atom stereocenters. The summed E-state index contributed by atoms with van der Waals surface area (Å²) in [6, 6.07) is 12.5. The maximum Gasteiger partial charge on any atom is 0.206 e. The normalized spacial score (nSPS) is 15.7. The number of aryl methyl sites for hydroxylation is 1. The Morgan fingerprint density at radius 1 is 1.18 bits per heavy atom. The van der Waals surface area contributed by atoms with E-state index in [1.165, 1.54) is 10.3 Å². The van der Waals surface area contributed by atoms with Gasteiger partial charge in [0.1, 0.15) is 5.52 Å². The molecule has 3 aromatic heterocycles. The van der Waals surface area contributed by atoms with Crippen molar-refractivity contribution in [2.24, 2.45) is 7.05 Å². The van der Waals surface area contributed by atoms with Crippen molar-refractivity contribution >= 4 is 54.5 Å². The Morgan fingerprint density at radius 3 is 2.75 bits per heavy atom. The SMILES string of the molecule is Cn1c(N2CCC(OCc3ccccc3)CC2)nc2cnc3cc(Br)sc3c21. The molecule has 7 heteroatoms. The number of thiophene rings is 1. The molecule has 0 spiro atoms. The van der Waals surface area contributed by atoms with Crippen LogP contribution in [-0.2, 0) is 18.4 Å². The second kappa shape index (κ2) is 7.46. The van der Waals surface area contributed by atoms with E-state index < -0.39 is 0 Å². The Hall–Kier alpha value is -1.96. The largest absolute Gasteiger partial charge is 0.373 e. The van der Waals surface area contributed by atoms with Crippen molar-refractivity contribution in [2.45, 2.75) is 25.6 Å². The fraction of sp³-hybridized carbons (Fsp3) is 0.333. The van der Waals surface area contributed by atoms with Crippen molar-refractivity contribution in [1.82, 2.24) is 14.5 Å². The first-order chi connectivity index (χ1) is 13.7. The molecule has 0 saturated carbocycles. The number of pyridine rings is 1. The number of rotatable bonds is 4. The molecule has 0 radical (unpaired) electrons. The number of ether oxygens (including phenoxy) is 1. The molecule has 4 heterocycles. The van der Waals surface area contributed by atoms with Crippen molar-refractivity contribution in [2.75, 3.05) is 18.0 Å². The zero-order chi connectivity index (χ0) is 19.1. The summed E-state index contributed by atoms with van der Waals surface area (Å²) in [5.41, 5.74) is 4.38. The van der Waals surface area contributed by atoms with Gasteiger partial charge in [-0.1, -0.05) is 30.3 Å². The van der Waals surface area contributed by atoms with Gasteiger partial charge in [-0.25, -0.2) is 4.98 Å². The fourth-order valence-electron chi connectivity index (χ4n) is 3.91. The zero-order valence-electron chi connectivity index (χ0n) is 15.6. The monoisotopic (exact) mass is 456 g/mol.